The summed E-state index contributed by atoms with van der Waals surface area (Å²) < 4.78 is 27.6. The van der Waals surface area contributed by atoms with Gasteiger partial charge in [0.05, 0.1) is 10.6 Å². The van der Waals surface area contributed by atoms with E-state index in [-0.39, 0.29) is 18.0 Å². The summed E-state index contributed by atoms with van der Waals surface area (Å²) in [7, 11) is -3.96. The molecule has 0 aliphatic rings. The standard InChI is InChI=1S/C21H20ClN3O3S/c1-16-2-6-19(7-3-16)25(29(27,28)20-8-4-18(22)5-9-20)15-21(26)24-14-17-10-12-23-13-11-17/h2-13H,14-15H2,1H3,(H,24,26). The summed E-state index contributed by atoms with van der Waals surface area (Å²) >= 11 is 5.88. The zero-order valence-corrected chi connectivity index (χ0v) is 17.3. The van der Waals surface area contributed by atoms with Gasteiger partial charge in [-0.25, -0.2) is 8.42 Å². The lowest BCUT2D eigenvalue weighted by molar-refractivity contribution is -0.119. The van der Waals surface area contributed by atoms with E-state index in [0.29, 0.717) is 10.7 Å². The third-order valence-corrected chi connectivity index (χ3v) is 6.29. The van der Waals surface area contributed by atoms with Crippen LogP contribution >= 0.6 is 11.6 Å². The van der Waals surface area contributed by atoms with Crippen molar-refractivity contribution in [1.29, 1.82) is 0 Å². The van der Waals surface area contributed by atoms with Crippen molar-refractivity contribution < 1.29 is 13.2 Å². The quantitative estimate of drug-likeness (QED) is 0.622. The number of benzene rings is 2. The second kappa shape index (κ2) is 9.07. The fraction of sp³-hybridized carbons (Fsp3) is 0.143. The first kappa shape index (κ1) is 20.8. The van der Waals surface area contributed by atoms with Crippen LogP contribution in [0.5, 0.6) is 0 Å². The third kappa shape index (κ3) is 5.34. The molecule has 2 aromatic carbocycles. The molecule has 0 aliphatic carbocycles. The summed E-state index contributed by atoms with van der Waals surface area (Å²) in [6.45, 7) is 1.84. The molecule has 1 amide bonds. The maximum Gasteiger partial charge on any atom is 0.264 e. The maximum atomic E-state index is 13.2. The first-order valence-corrected chi connectivity index (χ1v) is 10.7. The Morgan fingerprint density at radius 1 is 1.00 bits per heavy atom. The van der Waals surface area contributed by atoms with E-state index >= 15 is 0 Å². The Labute approximate surface area is 175 Å². The molecule has 3 rings (SSSR count). The third-order valence-electron chi connectivity index (χ3n) is 4.25. The van der Waals surface area contributed by atoms with Gasteiger partial charge < -0.3 is 5.32 Å². The number of pyridine rings is 1. The Hall–Kier alpha value is -2.90. The van der Waals surface area contributed by atoms with Crippen LogP contribution in [0.25, 0.3) is 0 Å². The number of hydrogen-bond donors (Lipinski definition) is 1. The topological polar surface area (TPSA) is 79.4 Å². The number of carbonyl (C=O) groups excluding carboxylic acids is 1. The Morgan fingerprint density at radius 3 is 2.24 bits per heavy atom. The molecule has 0 unspecified atom stereocenters. The Bertz CT molecular complexity index is 1070. The van der Waals surface area contributed by atoms with Gasteiger partial charge in [0.25, 0.3) is 10.0 Å². The average Bonchev–Trinajstić information content (AvgIpc) is 2.72. The molecule has 0 aliphatic heterocycles. The number of aryl methyl sites for hydroxylation is 1. The molecule has 0 saturated carbocycles. The first-order chi connectivity index (χ1) is 13.9. The number of anilines is 1. The summed E-state index contributed by atoms with van der Waals surface area (Å²) in [6, 6.07) is 16.4. The minimum Gasteiger partial charge on any atom is -0.350 e. The fourth-order valence-corrected chi connectivity index (χ4v) is 4.19. The highest BCUT2D eigenvalue weighted by atomic mass is 35.5. The molecule has 29 heavy (non-hydrogen) atoms. The molecule has 0 fully saturated rings. The molecular weight excluding hydrogens is 410 g/mol. The molecule has 8 heteroatoms. The van der Waals surface area contributed by atoms with Crippen molar-refractivity contribution in [3.63, 3.8) is 0 Å². The van der Waals surface area contributed by atoms with E-state index in [0.717, 1.165) is 15.4 Å². The minimum atomic E-state index is -3.96. The molecule has 0 atom stereocenters. The fourth-order valence-electron chi connectivity index (χ4n) is 2.65. The lowest BCUT2D eigenvalue weighted by atomic mass is 10.2. The number of nitrogens with zero attached hydrogens (tertiary/aromatic N) is 2. The summed E-state index contributed by atoms with van der Waals surface area (Å²) in [6.07, 6.45) is 3.26. The van der Waals surface area contributed by atoms with Crippen LogP contribution in [0, 0.1) is 6.92 Å². The maximum absolute atomic E-state index is 13.2. The van der Waals surface area contributed by atoms with Crippen molar-refractivity contribution in [2.45, 2.75) is 18.4 Å². The zero-order chi connectivity index (χ0) is 20.9. The number of hydrogen-bond acceptors (Lipinski definition) is 4. The van der Waals surface area contributed by atoms with Gasteiger partial charge >= 0.3 is 0 Å². The lowest BCUT2D eigenvalue weighted by Crippen LogP contribution is -2.40. The first-order valence-electron chi connectivity index (χ1n) is 8.87. The van der Waals surface area contributed by atoms with E-state index in [9.17, 15) is 13.2 Å². The second-order valence-electron chi connectivity index (χ2n) is 6.43. The second-order valence-corrected chi connectivity index (χ2v) is 8.73. The number of amides is 1. The van der Waals surface area contributed by atoms with E-state index in [2.05, 4.69) is 10.3 Å². The van der Waals surface area contributed by atoms with Crippen LogP contribution in [0.3, 0.4) is 0 Å². The summed E-state index contributed by atoms with van der Waals surface area (Å²) in [5.74, 6) is -0.417. The molecule has 0 bridgehead atoms. The summed E-state index contributed by atoms with van der Waals surface area (Å²) in [5.41, 5.74) is 2.26. The van der Waals surface area contributed by atoms with Gasteiger partial charge in [0.1, 0.15) is 6.54 Å². The highest BCUT2D eigenvalue weighted by molar-refractivity contribution is 7.92. The number of aromatic nitrogens is 1. The van der Waals surface area contributed by atoms with Crippen molar-refractivity contribution in [3.8, 4) is 0 Å². The molecule has 0 spiro atoms. The molecule has 0 radical (unpaired) electrons. The zero-order valence-electron chi connectivity index (χ0n) is 15.7. The van der Waals surface area contributed by atoms with Gasteiger partial charge in [-0.15, -0.1) is 0 Å². The van der Waals surface area contributed by atoms with Crippen LogP contribution in [0.1, 0.15) is 11.1 Å². The van der Waals surface area contributed by atoms with Gasteiger partial charge in [-0.2, -0.15) is 0 Å². The van der Waals surface area contributed by atoms with Crippen molar-refractivity contribution in [2.24, 2.45) is 0 Å². The molecule has 1 aromatic heterocycles. The van der Waals surface area contributed by atoms with Gasteiger partial charge in [-0.1, -0.05) is 29.3 Å². The summed E-state index contributed by atoms with van der Waals surface area (Å²) in [5, 5.41) is 3.18. The van der Waals surface area contributed by atoms with Crippen molar-refractivity contribution >= 4 is 33.2 Å². The van der Waals surface area contributed by atoms with Crippen LogP contribution in [0.15, 0.2) is 78.0 Å². The van der Waals surface area contributed by atoms with Crippen molar-refractivity contribution in [3.05, 3.63) is 89.2 Å². The Balaban J connectivity index is 1.86. The van der Waals surface area contributed by atoms with E-state index in [1.807, 2.05) is 6.92 Å². The normalized spacial score (nSPS) is 11.1. The molecule has 1 N–H and O–H groups in total. The SMILES string of the molecule is Cc1ccc(N(CC(=O)NCc2ccncc2)S(=O)(=O)c2ccc(Cl)cc2)cc1. The van der Waals surface area contributed by atoms with Gasteiger partial charge in [-0.3, -0.25) is 14.1 Å². The van der Waals surface area contributed by atoms with Crippen molar-refractivity contribution in [1.82, 2.24) is 10.3 Å². The van der Waals surface area contributed by atoms with E-state index in [1.54, 1.807) is 48.8 Å². The Morgan fingerprint density at radius 2 is 1.62 bits per heavy atom. The van der Waals surface area contributed by atoms with E-state index in [1.165, 1.54) is 24.3 Å². The van der Waals surface area contributed by atoms with Gasteiger partial charge in [0.2, 0.25) is 5.91 Å². The van der Waals surface area contributed by atoms with Crippen LogP contribution in [-0.4, -0.2) is 25.9 Å². The summed E-state index contributed by atoms with van der Waals surface area (Å²) in [4.78, 5) is 16.5. The van der Waals surface area contributed by atoms with Crippen LogP contribution in [-0.2, 0) is 21.4 Å². The number of carbonyl (C=O) groups is 1. The minimum absolute atomic E-state index is 0.0596. The van der Waals surface area contributed by atoms with Crippen LogP contribution in [0.2, 0.25) is 5.02 Å². The van der Waals surface area contributed by atoms with Crippen molar-refractivity contribution in [2.75, 3.05) is 10.8 Å². The smallest absolute Gasteiger partial charge is 0.264 e. The molecule has 1 heterocycles. The van der Waals surface area contributed by atoms with Crippen LogP contribution < -0.4 is 9.62 Å². The van der Waals surface area contributed by atoms with E-state index in [4.69, 9.17) is 11.6 Å². The highest BCUT2D eigenvalue weighted by Gasteiger charge is 2.27. The number of rotatable bonds is 7. The monoisotopic (exact) mass is 429 g/mol. The average molecular weight is 430 g/mol. The number of halogens is 1. The molecular formula is C21H20ClN3O3S. The highest BCUT2D eigenvalue weighted by Crippen LogP contribution is 2.25. The molecule has 150 valence electrons. The molecule has 6 nitrogen and oxygen atoms in total. The molecule has 0 saturated heterocycles. The predicted octanol–water partition coefficient (Wildman–Crippen LogP) is 3.56. The van der Waals surface area contributed by atoms with Crippen LogP contribution in [0.4, 0.5) is 5.69 Å². The number of nitrogens with one attached hydrogen (secondary N) is 1. The lowest BCUT2D eigenvalue weighted by Gasteiger charge is -2.24. The van der Waals surface area contributed by atoms with Gasteiger partial charge in [0.15, 0.2) is 0 Å². The largest absolute Gasteiger partial charge is 0.350 e. The predicted molar refractivity (Wildman–Crippen MR) is 113 cm³/mol. The van der Waals surface area contributed by atoms with Gasteiger partial charge in [-0.05, 0) is 61.0 Å². The Kier molecular flexibility index (Phi) is 6.51. The van der Waals surface area contributed by atoms with Gasteiger partial charge in [0, 0.05) is 24.0 Å². The molecule has 3 aromatic rings. The number of sulfonamides is 1. The van der Waals surface area contributed by atoms with E-state index < -0.39 is 15.9 Å².